The Bertz CT molecular complexity index is 356. The molecule has 76 valence electrons. The van der Waals surface area contributed by atoms with Gasteiger partial charge in [0.2, 0.25) is 0 Å². The maximum atomic E-state index is 12.3. The molecule has 0 amide bonds. The van der Waals surface area contributed by atoms with E-state index in [0.29, 0.717) is 5.56 Å². The summed E-state index contributed by atoms with van der Waals surface area (Å²) < 4.78 is 36.9. The number of rotatable bonds is 1. The fourth-order valence-corrected chi connectivity index (χ4v) is 1.37. The average Bonchev–Trinajstić information content (AvgIpc) is 2.85. The second-order valence-corrected chi connectivity index (χ2v) is 3.47. The molecule has 1 aliphatic carbocycles. The van der Waals surface area contributed by atoms with Crippen molar-refractivity contribution >= 4 is 5.82 Å². The van der Waals surface area contributed by atoms with Crippen molar-refractivity contribution in [2.24, 2.45) is 0 Å². The molecule has 1 heterocycles. The fraction of sp³-hybridized carbons (Fsp3) is 0.444. The summed E-state index contributed by atoms with van der Waals surface area (Å²) >= 11 is 0. The molecular weight excluding hydrogens is 193 g/mol. The highest BCUT2D eigenvalue weighted by atomic mass is 19.4. The summed E-state index contributed by atoms with van der Waals surface area (Å²) in [6.07, 6.45) is -1.73. The molecule has 1 aromatic heterocycles. The van der Waals surface area contributed by atoms with Crippen molar-refractivity contribution in [3.63, 3.8) is 0 Å². The highest BCUT2D eigenvalue weighted by Gasteiger charge is 2.34. The van der Waals surface area contributed by atoms with Crippen LogP contribution < -0.4 is 5.73 Å². The minimum atomic E-state index is -4.33. The lowest BCUT2D eigenvalue weighted by Gasteiger charge is -2.09. The van der Waals surface area contributed by atoms with E-state index in [1.54, 1.807) is 0 Å². The zero-order chi connectivity index (χ0) is 10.3. The van der Waals surface area contributed by atoms with Crippen molar-refractivity contribution in [1.82, 2.24) is 4.98 Å². The summed E-state index contributed by atoms with van der Waals surface area (Å²) in [5.74, 6) is 0.408. The molecule has 0 atom stereocenters. The Morgan fingerprint density at radius 3 is 2.50 bits per heavy atom. The number of anilines is 1. The Balaban J connectivity index is 2.40. The van der Waals surface area contributed by atoms with Gasteiger partial charge in [-0.05, 0) is 30.4 Å². The summed E-state index contributed by atoms with van der Waals surface area (Å²) in [5.41, 5.74) is 5.32. The number of hydrogen-bond donors (Lipinski definition) is 1. The first-order chi connectivity index (χ1) is 6.48. The van der Waals surface area contributed by atoms with Crippen molar-refractivity contribution < 1.29 is 13.2 Å². The Kier molecular flexibility index (Phi) is 1.90. The van der Waals surface area contributed by atoms with Gasteiger partial charge in [0.15, 0.2) is 0 Å². The molecule has 2 nitrogen and oxygen atoms in total. The summed E-state index contributed by atoms with van der Waals surface area (Å²) in [6, 6.07) is 1.11. The summed E-state index contributed by atoms with van der Waals surface area (Å²) in [4.78, 5) is 3.56. The van der Waals surface area contributed by atoms with Crippen LogP contribution in [0.3, 0.4) is 0 Å². The number of aromatic nitrogens is 1. The van der Waals surface area contributed by atoms with Crippen LogP contribution in [0.15, 0.2) is 12.3 Å². The number of nitrogen functional groups attached to an aromatic ring is 1. The molecule has 1 fully saturated rings. The van der Waals surface area contributed by atoms with E-state index < -0.39 is 11.7 Å². The fourth-order valence-electron chi connectivity index (χ4n) is 1.37. The van der Waals surface area contributed by atoms with Crippen LogP contribution in [0.1, 0.15) is 29.9 Å². The topological polar surface area (TPSA) is 38.9 Å². The molecule has 0 bridgehead atoms. The van der Waals surface area contributed by atoms with Crippen molar-refractivity contribution in [3.05, 3.63) is 23.4 Å². The van der Waals surface area contributed by atoms with E-state index in [1.807, 2.05) is 0 Å². The van der Waals surface area contributed by atoms with Crippen LogP contribution in [0.4, 0.5) is 19.0 Å². The minimum absolute atomic E-state index is 0.185. The Morgan fingerprint density at radius 1 is 1.36 bits per heavy atom. The second-order valence-electron chi connectivity index (χ2n) is 3.47. The number of nitrogens with zero attached hydrogens (tertiary/aromatic N) is 1. The van der Waals surface area contributed by atoms with Crippen molar-refractivity contribution in [1.29, 1.82) is 0 Å². The number of hydrogen-bond acceptors (Lipinski definition) is 2. The van der Waals surface area contributed by atoms with Crippen LogP contribution in [-0.4, -0.2) is 4.98 Å². The van der Waals surface area contributed by atoms with E-state index in [4.69, 9.17) is 5.73 Å². The maximum absolute atomic E-state index is 12.3. The van der Waals surface area contributed by atoms with Crippen LogP contribution in [-0.2, 0) is 6.18 Å². The van der Waals surface area contributed by atoms with E-state index in [1.165, 1.54) is 0 Å². The van der Waals surface area contributed by atoms with E-state index in [-0.39, 0.29) is 11.7 Å². The van der Waals surface area contributed by atoms with Crippen LogP contribution >= 0.6 is 0 Å². The molecule has 0 radical (unpaired) electrons. The number of pyridine rings is 1. The summed E-state index contributed by atoms with van der Waals surface area (Å²) in [6.45, 7) is 0. The third-order valence-corrected chi connectivity index (χ3v) is 2.29. The normalized spacial score (nSPS) is 17.1. The molecule has 0 unspecified atom stereocenters. The molecule has 5 heteroatoms. The molecule has 0 aromatic carbocycles. The van der Waals surface area contributed by atoms with Crippen molar-refractivity contribution in [2.75, 3.05) is 5.73 Å². The molecular formula is C9H9F3N2. The first-order valence-electron chi connectivity index (χ1n) is 4.31. The van der Waals surface area contributed by atoms with Gasteiger partial charge in [-0.2, -0.15) is 13.2 Å². The van der Waals surface area contributed by atoms with E-state index in [0.717, 1.165) is 25.1 Å². The Hall–Kier alpha value is -1.26. The molecule has 14 heavy (non-hydrogen) atoms. The lowest BCUT2D eigenvalue weighted by atomic mass is 10.1. The highest BCUT2D eigenvalue weighted by Crippen LogP contribution is 2.43. The van der Waals surface area contributed by atoms with Crippen LogP contribution in [0.5, 0.6) is 0 Å². The van der Waals surface area contributed by atoms with Gasteiger partial charge in [-0.3, -0.25) is 0 Å². The van der Waals surface area contributed by atoms with Gasteiger partial charge in [0.25, 0.3) is 0 Å². The van der Waals surface area contributed by atoms with Gasteiger partial charge in [0.05, 0.1) is 5.56 Å². The van der Waals surface area contributed by atoms with E-state index >= 15 is 0 Å². The third-order valence-electron chi connectivity index (χ3n) is 2.29. The lowest BCUT2D eigenvalue weighted by molar-refractivity contribution is -0.137. The minimum Gasteiger partial charge on any atom is -0.383 e. The number of alkyl halides is 3. The first-order valence-corrected chi connectivity index (χ1v) is 4.31. The van der Waals surface area contributed by atoms with Gasteiger partial charge in [0, 0.05) is 6.20 Å². The van der Waals surface area contributed by atoms with E-state index in [2.05, 4.69) is 4.98 Å². The van der Waals surface area contributed by atoms with Gasteiger partial charge in [-0.15, -0.1) is 0 Å². The largest absolute Gasteiger partial charge is 0.417 e. The van der Waals surface area contributed by atoms with Gasteiger partial charge in [0.1, 0.15) is 5.82 Å². The molecule has 1 aliphatic rings. The zero-order valence-corrected chi connectivity index (χ0v) is 7.30. The summed E-state index contributed by atoms with van der Waals surface area (Å²) in [5, 5.41) is 0. The molecule has 0 aliphatic heterocycles. The quantitative estimate of drug-likeness (QED) is 0.760. The highest BCUT2D eigenvalue weighted by molar-refractivity contribution is 5.45. The average molecular weight is 202 g/mol. The molecule has 2 rings (SSSR count). The Labute approximate surface area is 78.9 Å². The Morgan fingerprint density at radius 2 is 2.00 bits per heavy atom. The monoisotopic (exact) mass is 202 g/mol. The standard InChI is InChI=1S/C9H9F3N2/c10-9(11,12)6-3-7(5-1-2-5)8(13)14-4-6/h3-5H,1-2H2,(H2,13,14). The lowest BCUT2D eigenvalue weighted by Crippen LogP contribution is -2.08. The number of nitrogens with two attached hydrogens (primary N) is 1. The van der Waals surface area contributed by atoms with Crippen LogP contribution in [0.25, 0.3) is 0 Å². The van der Waals surface area contributed by atoms with Gasteiger partial charge in [-0.1, -0.05) is 0 Å². The summed E-state index contributed by atoms with van der Waals surface area (Å²) in [7, 11) is 0. The molecule has 2 N–H and O–H groups in total. The maximum Gasteiger partial charge on any atom is 0.417 e. The zero-order valence-electron chi connectivity index (χ0n) is 7.30. The van der Waals surface area contributed by atoms with Crippen LogP contribution in [0, 0.1) is 0 Å². The predicted octanol–water partition coefficient (Wildman–Crippen LogP) is 2.56. The van der Waals surface area contributed by atoms with Gasteiger partial charge in [-0.25, -0.2) is 4.98 Å². The van der Waals surface area contributed by atoms with E-state index in [9.17, 15) is 13.2 Å². The predicted molar refractivity (Wildman–Crippen MR) is 45.6 cm³/mol. The van der Waals surface area contributed by atoms with Crippen molar-refractivity contribution in [3.8, 4) is 0 Å². The van der Waals surface area contributed by atoms with Crippen molar-refractivity contribution in [2.45, 2.75) is 24.9 Å². The van der Waals surface area contributed by atoms with Crippen LogP contribution in [0.2, 0.25) is 0 Å². The molecule has 0 spiro atoms. The molecule has 1 aromatic rings. The number of halogens is 3. The smallest absolute Gasteiger partial charge is 0.383 e. The first kappa shape index (κ1) is 9.30. The molecule has 1 saturated carbocycles. The SMILES string of the molecule is Nc1ncc(C(F)(F)F)cc1C1CC1. The van der Waals surface area contributed by atoms with Gasteiger partial charge >= 0.3 is 6.18 Å². The second kappa shape index (κ2) is 2.87. The van der Waals surface area contributed by atoms with Gasteiger partial charge < -0.3 is 5.73 Å². The third kappa shape index (κ3) is 1.66. The molecule has 0 saturated heterocycles.